The zero-order valence-electron chi connectivity index (χ0n) is 11.2. The third-order valence-electron chi connectivity index (χ3n) is 3.48. The van der Waals surface area contributed by atoms with Gasteiger partial charge in [0.05, 0.1) is 17.2 Å². The second kappa shape index (κ2) is 5.70. The Kier molecular flexibility index (Phi) is 3.99. The van der Waals surface area contributed by atoms with E-state index < -0.39 is 11.9 Å². The van der Waals surface area contributed by atoms with E-state index in [1.54, 1.807) is 13.0 Å². The zero-order chi connectivity index (χ0) is 14.7. The predicted octanol–water partition coefficient (Wildman–Crippen LogP) is 1.20. The van der Waals surface area contributed by atoms with Crippen molar-refractivity contribution in [3.8, 4) is 6.07 Å². The van der Waals surface area contributed by atoms with Crippen molar-refractivity contribution in [3.05, 3.63) is 29.1 Å². The first-order chi connectivity index (χ1) is 9.52. The molecule has 6 nitrogen and oxygen atoms in total. The van der Waals surface area contributed by atoms with Crippen LogP contribution in [-0.4, -0.2) is 40.0 Å². The number of carbonyl (C=O) groups excluding carboxylic acids is 1. The molecular formula is C14H15N3O3. The highest BCUT2D eigenvalue weighted by Gasteiger charge is 2.29. The number of piperidine rings is 1. The molecule has 1 fully saturated rings. The van der Waals surface area contributed by atoms with E-state index in [2.05, 4.69) is 4.98 Å². The lowest BCUT2D eigenvalue weighted by Gasteiger charge is -2.30. The second-order valence-electron chi connectivity index (χ2n) is 4.87. The SMILES string of the molecule is Cc1nc(C(=O)N2CCC[C@H](C(=O)O)C2)ccc1C#N. The van der Waals surface area contributed by atoms with Gasteiger partial charge in [-0.05, 0) is 31.9 Å². The van der Waals surface area contributed by atoms with Crippen LogP contribution in [0.2, 0.25) is 0 Å². The average Bonchev–Trinajstić information content (AvgIpc) is 2.46. The first-order valence-electron chi connectivity index (χ1n) is 6.42. The third kappa shape index (κ3) is 2.77. The summed E-state index contributed by atoms with van der Waals surface area (Å²) in [6.45, 7) is 2.43. The molecule has 1 amide bonds. The number of carbonyl (C=O) groups is 2. The molecule has 0 bridgehead atoms. The highest BCUT2D eigenvalue weighted by Crippen LogP contribution is 2.18. The summed E-state index contributed by atoms with van der Waals surface area (Å²) >= 11 is 0. The fraction of sp³-hybridized carbons (Fsp3) is 0.429. The van der Waals surface area contributed by atoms with Crippen LogP contribution in [0.5, 0.6) is 0 Å². The minimum Gasteiger partial charge on any atom is -0.481 e. The first kappa shape index (κ1) is 14.0. The summed E-state index contributed by atoms with van der Waals surface area (Å²) in [4.78, 5) is 29.0. The van der Waals surface area contributed by atoms with E-state index in [-0.39, 0.29) is 18.1 Å². The molecule has 0 aromatic carbocycles. The molecular weight excluding hydrogens is 258 g/mol. The van der Waals surface area contributed by atoms with Gasteiger partial charge in [-0.3, -0.25) is 9.59 Å². The summed E-state index contributed by atoms with van der Waals surface area (Å²) in [7, 11) is 0. The van der Waals surface area contributed by atoms with Crippen LogP contribution in [0.25, 0.3) is 0 Å². The number of rotatable bonds is 2. The number of hydrogen-bond donors (Lipinski definition) is 1. The first-order valence-corrected chi connectivity index (χ1v) is 6.42. The largest absolute Gasteiger partial charge is 0.481 e. The van der Waals surface area contributed by atoms with Gasteiger partial charge in [-0.1, -0.05) is 0 Å². The Balaban J connectivity index is 2.17. The molecule has 20 heavy (non-hydrogen) atoms. The van der Waals surface area contributed by atoms with Gasteiger partial charge >= 0.3 is 5.97 Å². The van der Waals surface area contributed by atoms with Crippen molar-refractivity contribution < 1.29 is 14.7 Å². The molecule has 1 saturated heterocycles. The molecule has 1 aliphatic rings. The van der Waals surface area contributed by atoms with E-state index in [0.717, 1.165) is 0 Å². The van der Waals surface area contributed by atoms with Gasteiger partial charge in [0.15, 0.2) is 0 Å². The zero-order valence-corrected chi connectivity index (χ0v) is 11.2. The summed E-state index contributed by atoms with van der Waals surface area (Å²) in [5.41, 5.74) is 1.20. The fourth-order valence-electron chi connectivity index (χ4n) is 2.32. The van der Waals surface area contributed by atoms with Gasteiger partial charge in [0.2, 0.25) is 0 Å². The van der Waals surface area contributed by atoms with Gasteiger partial charge in [0.1, 0.15) is 11.8 Å². The lowest BCUT2D eigenvalue weighted by atomic mass is 9.98. The Morgan fingerprint density at radius 3 is 2.85 bits per heavy atom. The summed E-state index contributed by atoms with van der Waals surface area (Å²) in [6, 6.07) is 5.07. The standard InChI is InChI=1S/C14H15N3O3/c1-9-10(7-15)4-5-12(16-9)13(18)17-6-2-3-11(8-17)14(19)20/h4-5,11H,2-3,6,8H2,1H3,(H,19,20)/t11-/m0/s1. The molecule has 0 aliphatic carbocycles. The molecule has 104 valence electrons. The van der Waals surface area contributed by atoms with Gasteiger partial charge in [-0.25, -0.2) is 4.98 Å². The van der Waals surface area contributed by atoms with Gasteiger partial charge in [-0.15, -0.1) is 0 Å². The number of aryl methyl sites for hydroxylation is 1. The highest BCUT2D eigenvalue weighted by atomic mass is 16.4. The predicted molar refractivity (Wildman–Crippen MR) is 70.0 cm³/mol. The molecule has 1 aromatic heterocycles. The number of aromatic nitrogens is 1. The number of carboxylic acid groups (broad SMARTS) is 1. The van der Waals surface area contributed by atoms with E-state index in [1.807, 2.05) is 6.07 Å². The quantitative estimate of drug-likeness (QED) is 0.873. The Labute approximate surface area is 116 Å². The molecule has 1 aromatic rings. The molecule has 1 N–H and O–H groups in total. The smallest absolute Gasteiger partial charge is 0.308 e. The molecule has 0 unspecified atom stereocenters. The van der Waals surface area contributed by atoms with Crippen LogP contribution in [0.15, 0.2) is 12.1 Å². The van der Waals surface area contributed by atoms with Gasteiger partial charge in [0.25, 0.3) is 5.91 Å². The molecule has 2 heterocycles. The molecule has 6 heteroatoms. The van der Waals surface area contributed by atoms with E-state index in [4.69, 9.17) is 10.4 Å². The number of likely N-dealkylation sites (tertiary alicyclic amines) is 1. The normalized spacial score (nSPS) is 18.4. The van der Waals surface area contributed by atoms with E-state index in [0.29, 0.717) is 30.6 Å². The van der Waals surface area contributed by atoms with Crippen molar-refractivity contribution >= 4 is 11.9 Å². The Bertz CT molecular complexity index is 592. The number of carboxylic acids is 1. The lowest BCUT2D eigenvalue weighted by Crippen LogP contribution is -2.42. The van der Waals surface area contributed by atoms with Gasteiger partial charge < -0.3 is 10.0 Å². The molecule has 1 aliphatic heterocycles. The molecule has 0 radical (unpaired) electrons. The van der Waals surface area contributed by atoms with Crippen LogP contribution < -0.4 is 0 Å². The topological polar surface area (TPSA) is 94.3 Å². The van der Waals surface area contributed by atoms with E-state index in [9.17, 15) is 9.59 Å². The molecule has 0 spiro atoms. The molecule has 1 atom stereocenters. The Morgan fingerprint density at radius 1 is 1.50 bits per heavy atom. The minimum atomic E-state index is -0.869. The second-order valence-corrected chi connectivity index (χ2v) is 4.87. The fourth-order valence-corrected chi connectivity index (χ4v) is 2.32. The number of hydrogen-bond acceptors (Lipinski definition) is 4. The number of nitrogens with zero attached hydrogens (tertiary/aromatic N) is 3. The summed E-state index contributed by atoms with van der Waals surface area (Å²) in [5.74, 6) is -1.65. The van der Waals surface area contributed by atoms with Gasteiger partial charge in [0, 0.05) is 13.1 Å². The van der Waals surface area contributed by atoms with Crippen LogP contribution >= 0.6 is 0 Å². The monoisotopic (exact) mass is 273 g/mol. The van der Waals surface area contributed by atoms with Crippen molar-refractivity contribution in [2.45, 2.75) is 19.8 Å². The molecule has 0 saturated carbocycles. The Morgan fingerprint density at radius 2 is 2.25 bits per heavy atom. The molecule has 2 rings (SSSR count). The minimum absolute atomic E-state index is 0.217. The maximum absolute atomic E-state index is 12.3. The lowest BCUT2D eigenvalue weighted by molar-refractivity contribution is -0.143. The van der Waals surface area contributed by atoms with Crippen molar-refractivity contribution in [1.29, 1.82) is 5.26 Å². The summed E-state index contributed by atoms with van der Waals surface area (Å²) in [5, 5.41) is 17.9. The van der Waals surface area contributed by atoms with Gasteiger partial charge in [-0.2, -0.15) is 5.26 Å². The van der Waals surface area contributed by atoms with E-state index in [1.165, 1.54) is 11.0 Å². The highest BCUT2D eigenvalue weighted by molar-refractivity contribution is 5.92. The number of amides is 1. The number of pyridine rings is 1. The van der Waals surface area contributed by atoms with Crippen LogP contribution in [0, 0.1) is 24.2 Å². The number of aliphatic carboxylic acids is 1. The van der Waals surface area contributed by atoms with Crippen LogP contribution in [-0.2, 0) is 4.79 Å². The van der Waals surface area contributed by atoms with Crippen LogP contribution in [0.1, 0.15) is 34.6 Å². The summed E-state index contributed by atoms with van der Waals surface area (Å²) < 4.78 is 0. The van der Waals surface area contributed by atoms with Crippen LogP contribution in [0.3, 0.4) is 0 Å². The maximum Gasteiger partial charge on any atom is 0.308 e. The van der Waals surface area contributed by atoms with Crippen molar-refractivity contribution in [3.63, 3.8) is 0 Å². The third-order valence-corrected chi connectivity index (χ3v) is 3.48. The van der Waals surface area contributed by atoms with Crippen molar-refractivity contribution in [2.75, 3.05) is 13.1 Å². The van der Waals surface area contributed by atoms with E-state index >= 15 is 0 Å². The van der Waals surface area contributed by atoms with Crippen molar-refractivity contribution in [1.82, 2.24) is 9.88 Å². The van der Waals surface area contributed by atoms with Crippen molar-refractivity contribution in [2.24, 2.45) is 5.92 Å². The Hall–Kier alpha value is -2.42. The van der Waals surface area contributed by atoms with Crippen LogP contribution in [0.4, 0.5) is 0 Å². The average molecular weight is 273 g/mol. The number of nitriles is 1. The summed E-state index contributed by atoms with van der Waals surface area (Å²) in [6.07, 6.45) is 1.27. The maximum atomic E-state index is 12.3.